The second-order valence-electron chi connectivity index (χ2n) is 25.1. The molecule has 3 N–H and O–H groups in total. The normalized spacial score (nSPS) is 13.4. The quantitative estimate of drug-likeness (QED) is 0.0827. The zero-order valence-corrected chi connectivity index (χ0v) is 46.9. The fourth-order valence-electron chi connectivity index (χ4n) is 8.42. The van der Waals surface area contributed by atoms with Crippen LogP contribution in [-0.4, -0.2) is 68.7 Å². The molecule has 0 amide bonds. The van der Waals surface area contributed by atoms with E-state index in [-0.39, 0.29) is 91.8 Å². The van der Waals surface area contributed by atoms with Gasteiger partial charge in [0.1, 0.15) is 17.2 Å². The Hall–Kier alpha value is -5.43. The minimum atomic E-state index is -0.761. The fraction of sp³-hybridized carbons (Fsp3) is 0.550. The third-order valence-electron chi connectivity index (χ3n) is 12.6. The van der Waals surface area contributed by atoms with Crippen molar-refractivity contribution in [3.63, 3.8) is 0 Å². The minimum absolute atomic E-state index is 0.0204. The molecule has 4 aromatic rings. The maximum Gasteiger partial charge on any atom is 0.336 e. The summed E-state index contributed by atoms with van der Waals surface area (Å²) in [5.74, 6) is 0.910. The lowest BCUT2D eigenvalue weighted by molar-refractivity contribution is 0.136. The van der Waals surface area contributed by atoms with Crippen LogP contribution in [0.25, 0.3) is 18.2 Å². The van der Waals surface area contributed by atoms with Crippen LogP contribution >= 0.6 is 0 Å². The van der Waals surface area contributed by atoms with Gasteiger partial charge in [-0.15, -0.1) is 0 Å². The number of benzene rings is 3. The Morgan fingerprint density at radius 2 is 0.542 bits per heavy atom. The molecule has 0 aliphatic heterocycles. The topological polar surface area (TPSA) is 154 Å². The number of hydrogen-bond acceptors (Lipinski definition) is 9. The summed E-state index contributed by atoms with van der Waals surface area (Å²) >= 11 is 0. The molecule has 72 heavy (non-hydrogen) atoms. The SMILES string of the molecule is CC(C)(C)c1cc(/C=C/COCCn2c(=O)n(CCOC/C=C/c3cc(C(C)(C)C)c(O)c(C(C)(C)C)c3)c(=O)n(CCOC/C=C/c3cc(C(C)(C)C)c(O)c(C(C)(C)C)c3)c2=O)cc(C(C)(C)C)c1O. The highest BCUT2D eigenvalue weighted by molar-refractivity contribution is 5.61. The monoisotopic (exact) mass is 994 g/mol. The van der Waals surface area contributed by atoms with Crippen molar-refractivity contribution < 1.29 is 29.5 Å². The molecule has 4 rings (SSSR count). The highest BCUT2D eigenvalue weighted by Gasteiger charge is 2.29. The number of ether oxygens (including phenoxy) is 3. The summed E-state index contributed by atoms with van der Waals surface area (Å²) in [7, 11) is 0. The molecule has 0 spiro atoms. The van der Waals surface area contributed by atoms with Crippen LogP contribution in [0.5, 0.6) is 17.2 Å². The molecule has 0 aliphatic carbocycles. The lowest BCUT2D eigenvalue weighted by Gasteiger charge is -2.28. The van der Waals surface area contributed by atoms with E-state index in [4.69, 9.17) is 14.2 Å². The Kier molecular flexibility index (Phi) is 19.0. The summed E-state index contributed by atoms with van der Waals surface area (Å²) in [5, 5.41) is 33.4. The molecule has 0 saturated heterocycles. The van der Waals surface area contributed by atoms with E-state index in [0.717, 1.165) is 63.8 Å². The third-order valence-corrected chi connectivity index (χ3v) is 12.6. The summed E-state index contributed by atoms with van der Waals surface area (Å²) in [6.45, 7) is 37.5. The Morgan fingerprint density at radius 1 is 0.361 bits per heavy atom. The number of phenolic OH excluding ortho intramolecular Hbond substituents is 3. The number of rotatable bonds is 18. The molecule has 1 aromatic heterocycles. The van der Waals surface area contributed by atoms with E-state index in [2.05, 4.69) is 125 Å². The molecule has 0 aliphatic rings. The summed E-state index contributed by atoms with van der Waals surface area (Å²) in [6.07, 6.45) is 11.4. The highest BCUT2D eigenvalue weighted by atomic mass is 16.5. The molecule has 396 valence electrons. The summed E-state index contributed by atoms with van der Waals surface area (Å²) in [5.41, 5.74) is 3.89. The van der Waals surface area contributed by atoms with Gasteiger partial charge in [-0.3, -0.25) is 0 Å². The molecule has 12 heteroatoms. The first kappa shape index (κ1) is 59.1. The van der Waals surface area contributed by atoms with Crippen LogP contribution < -0.4 is 17.1 Å². The van der Waals surface area contributed by atoms with Crippen LogP contribution in [0.2, 0.25) is 0 Å². The number of hydrogen-bond donors (Lipinski definition) is 3. The molecule has 0 atom stereocenters. The highest BCUT2D eigenvalue weighted by Crippen LogP contribution is 2.42. The molecule has 0 radical (unpaired) electrons. The summed E-state index contributed by atoms with van der Waals surface area (Å²) < 4.78 is 20.8. The van der Waals surface area contributed by atoms with Gasteiger partial charge in [0.2, 0.25) is 0 Å². The standard InChI is InChI=1S/C60H87N3O9/c1-55(2,3)43-34-40(35-44(49(43)64)56(4,5)6)22-19-28-70-31-25-61-52(67)62(26-32-71-29-20-23-41-36-45(57(7,8)9)50(65)46(37-41)58(10,11)12)54(69)63(53(61)68)27-33-72-30-21-24-42-38-47(59(13,14)15)51(66)48(39-42)60(16,17)18/h19-24,34-39,64-66H,25-33H2,1-18H3/b22-19+,23-20+,24-21+. The number of phenols is 3. The van der Waals surface area contributed by atoms with E-state index in [0.29, 0.717) is 17.2 Å². The van der Waals surface area contributed by atoms with Gasteiger partial charge < -0.3 is 29.5 Å². The molecular formula is C60H87N3O9. The van der Waals surface area contributed by atoms with Gasteiger partial charge >= 0.3 is 17.1 Å². The molecule has 1 heterocycles. The first-order valence-corrected chi connectivity index (χ1v) is 25.4. The Labute approximate surface area is 429 Å². The van der Waals surface area contributed by atoms with Crippen molar-refractivity contribution in [3.8, 4) is 17.2 Å². The van der Waals surface area contributed by atoms with Crippen molar-refractivity contribution in [1.29, 1.82) is 0 Å². The predicted molar refractivity (Wildman–Crippen MR) is 295 cm³/mol. The average Bonchev–Trinajstić information content (AvgIpc) is 3.23. The molecule has 3 aromatic carbocycles. The van der Waals surface area contributed by atoms with Gasteiger partial charge in [0.05, 0.1) is 59.3 Å². The Bertz CT molecular complexity index is 2360. The van der Waals surface area contributed by atoms with Gasteiger partial charge in [-0.1, -0.05) is 161 Å². The van der Waals surface area contributed by atoms with Crippen LogP contribution in [0.3, 0.4) is 0 Å². The Morgan fingerprint density at radius 3 is 0.708 bits per heavy atom. The van der Waals surface area contributed by atoms with E-state index in [1.54, 1.807) is 0 Å². The van der Waals surface area contributed by atoms with Crippen LogP contribution in [0.1, 0.15) is 175 Å². The van der Waals surface area contributed by atoms with Gasteiger partial charge in [0.25, 0.3) is 0 Å². The third kappa shape index (κ3) is 15.5. The molecule has 12 nitrogen and oxygen atoms in total. The van der Waals surface area contributed by atoms with E-state index < -0.39 is 17.1 Å². The van der Waals surface area contributed by atoms with Crippen molar-refractivity contribution in [3.05, 3.63) is 136 Å². The maximum atomic E-state index is 13.9. The summed E-state index contributed by atoms with van der Waals surface area (Å²) in [4.78, 5) is 41.7. The van der Waals surface area contributed by atoms with Crippen LogP contribution in [-0.2, 0) is 66.3 Å². The van der Waals surface area contributed by atoms with Crippen molar-refractivity contribution in [2.45, 2.75) is 177 Å². The van der Waals surface area contributed by atoms with Gasteiger partial charge in [0, 0.05) is 33.4 Å². The molecule has 0 unspecified atom stereocenters. The fourth-order valence-corrected chi connectivity index (χ4v) is 8.42. The second-order valence-corrected chi connectivity index (χ2v) is 25.1. The molecule has 0 bridgehead atoms. The predicted octanol–water partition coefficient (Wildman–Crippen LogP) is 11.3. The van der Waals surface area contributed by atoms with Crippen molar-refractivity contribution in [2.24, 2.45) is 0 Å². The van der Waals surface area contributed by atoms with Gasteiger partial charge in [0.15, 0.2) is 0 Å². The van der Waals surface area contributed by atoms with Gasteiger partial charge in [-0.05, 0) is 85.6 Å². The maximum absolute atomic E-state index is 13.9. The largest absolute Gasteiger partial charge is 0.507 e. The average molecular weight is 994 g/mol. The van der Waals surface area contributed by atoms with E-state index in [1.807, 2.05) is 72.9 Å². The lowest BCUT2D eigenvalue weighted by Crippen LogP contribution is -2.55. The lowest BCUT2D eigenvalue weighted by atomic mass is 9.78. The van der Waals surface area contributed by atoms with E-state index in [1.165, 1.54) is 0 Å². The second kappa shape index (κ2) is 23.2. The molecule has 0 fully saturated rings. The molecular weight excluding hydrogens is 907 g/mol. The van der Waals surface area contributed by atoms with Crippen molar-refractivity contribution >= 4 is 18.2 Å². The van der Waals surface area contributed by atoms with Crippen LogP contribution in [0.4, 0.5) is 0 Å². The van der Waals surface area contributed by atoms with Crippen LogP contribution in [0, 0.1) is 0 Å². The van der Waals surface area contributed by atoms with Gasteiger partial charge in [-0.2, -0.15) is 0 Å². The van der Waals surface area contributed by atoms with Gasteiger partial charge in [-0.25, -0.2) is 28.1 Å². The number of aromatic nitrogens is 3. The Balaban J connectivity index is 1.54. The smallest absolute Gasteiger partial charge is 0.336 e. The first-order chi connectivity index (χ1) is 33.0. The zero-order chi connectivity index (χ0) is 54.4. The first-order valence-electron chi connectivity index (χ1n) is 25.4. The zero-order valence-electron chi connectivity index (χ0n) is 46.9. The van der Waals surface area contributed by atoms with E-state index in [9.17, 15) is 29.7 Å². The summed E-state index contributed by atoms with van der Waals surface area (Å²) in [6, 6.07) is 11.9. The number of nitrogens with zero attached hydrogens (tertiary/aromatic N) is 3. The molecule has 0 saturated carbocycles. The minimum Gasteiger partial charge on any atom is -0.507 e. The van der Waals surface area contributed by atoms with E-state index >= 15 is 0 Å². The van der Waals surface area contributed by atoms with Crippen molar-refractivity contribution in [2.75, 3.05) is 39.6 Å². The number of aromatic hydroxyl groups is 3. The van der Waals surface area contributed by atoms with Crippen molar-refractivity contribution in [1.82, 2.24) is 13.7 Å². The van der Waals surface area contributed by atoms with Crippen LogP contribution in [0.15, 0.2) is 69.0 Å².